The molecule has 5 aromatic rings. The molecule has 1 atom stereocenters. The largest absolute Gasteiger partial charge is 0.496 e. The number of halogens is 1. The van der Waals surface area contributed by atoms with E-state index >= 15 is 0 Å². The second kappa shape index (κ2) is 11.5. The number of rotatable bonds is 8. The molecule has 1 N–H and O–H groups in total. The molecule has 44 heavy (non-hydrogen) atoms. The van der Waals surface area contributed by atoms with E-state index in [1.807, 2.05) is 6.92 Å². The van der Waals surface area contributed by atoms with E-state index in [-0.39, 0.29) is 28.9 Å². The lowest BCUT2D eigenvalue weighted by Crippen LogP contribution is -2.29. The van der Waals surface area contributed by atoms with Gasteiger partial charge in [-0.3, -0.25) is 19.2 Å². The first kappa shape index (κ1) is 28.9. The lowest BCUT2D eigenvalue weighted by molar-refractivity contribution is -0.136. The highest BCUT2D eigenvalue weighted by Crippen LogP contribution is 2.40. The molecule has 1 aromatic heterocycles. The van der Waals surface area contributed by atoms with Gasteiger partial charge in [0.2, 0.25) is 0 Å². The van der Waals surface area contributed by atoms with Crippen molar-refractivity contribution in [3.63, 3.8) is 0 Å². The van der Waals surface area contributed by atoms with Crippen molar-refractivity contribution in [2.45, 2.75) is 26.2 Å². The van der Waals surface area contributed by atoms with Gasteiger partial charge >= 0.3 is 5.97 Å². The number of nitrogens with zero attached hydrogens (tertiary/aromatic N) is 1. The van der Waals surface area contributed by atoms with E-state index in [0.717, 1.165) is 4.90 Å². The van der Waals surface area contributed by atoms with Crippen molar-refractivity contribution < 1.29 is 28.7 Å². The average molecular weight is 607 g/mol. The molecule has 0 radical (unpaired) electrons. The molecule has 0 spiro atoms. The van der Waals surface area contributed by atoms with Gasteiger partial charge in [0.15, 0.2) is 11.5 Å². The van der Waals surface area contributed by atoms with Crippen molar-refractivity contribution in [1.29, 1.82) is 0 Å². The molecule has 0 saturated carbocycles. The Kier molecular flexibility index (Phi) is 7.53. The number of aryl methyl sites for hydroxylation is 1. The van der Waals surface area contributed by atoms with E-state index in [1.54, 1.807) is 91.9 Å². The lowest BCUT2D eigenvalue weighted by Gasteiger charge is -2.18. The number of H-pyrrole nitrogens is 1. The van der Waals surface area contributed by atoms with Crippen molar-refractivity contribution in [3.8, 4) is 11.5 Å². The highest BCUT2D eigenvalue weighted by atomic mass is 35.5. The van der Waals surface area contributed by atoms with Gasteiger partial charge in [-0.05, 0) is 79.6 Å². The summed E-state index contributed by atoms with van der Waals surface area (Å²) in [5.41, 5.74) is 3.63. The van der Waals surface area contributed by atoms with Crippen molar-refractivity contribution in [2.75, 3.05) is 12.0 Å². The number of aromatic nitrogens is 1. The van der Waals surface area contributed by atoms with Crippen LogP contribution in [-0.2, 0) is 4.79 Å². The van der Waals surface area contributed by atoms with Crippen molar-refractivity contribution in [1.82, 2.24) is 4.98 Å². The molecule has 2 heterocycles. The number of carbonyl (C=O) groups excluding carboxylic acids is 4. The summed E-state index contributed by atoms with van der Waals surface area (Å²) < 4.78 is 11.6. The quantitative estimate of drug-likeness (QED) is 0.113. The summed E-state index contributed by atoms with van der Waals surface area (Å²) >= 11 is 6.04. The van der Waals surface area contributed by atoms with Crippen LogP contribution in [0.2, 0.25) is 5.02 Å². The van der Waals surface area contributed by atoms with Gasteiger partial charge in [0.1, 0.15) is 5.75 Å². The zero-order valence-corrected chi connectivity index (χ0v) is 24.9. The molecule has 0 saturated heterocycles. The Morgan fingerprint density at radius 3 is 2.11 bits per heavy atom. The molecule has 2 amide bonds. The SMILES string of the molecule is CCC(C(=O)Oc1c(C)[nH]c2ccc(OC)c(C(=O)c3ccc(Cl)cc3)c12)c1ccc(N2C(=O)c3ccccc3C2=O)cc1. The normalized spacial score (nSPS) is 13.2. The topological polar surface area (TPSA) is 106 Å². The Morgan fingerprint density at radius 1 is 0.886 bits per heavy atom. The summed E-state index contributed by atoms with van der Waals surface area (Å²) in [4.78, 5) is 57.6. The second-order valence-electron chi connectivity index (χ2n) is 10.4. The summed E-state index contributed by atoms with van der Waals surface area (Å²) in [6.07, 6.45) is 0.423. The van der Waals surface area contributed by atoms with E-state index in [2.05, 4.69) is 4.98 Å². The molecule has 0 bridgehead atoms. The van der Waals surface area contributed by atoms with E-state index in [0.29, 0.717) is 61.7 Å². The number of imide groups is 1. The van der Waals surface area contributed by atoms with Gasteiger partial charge in [-0.2, -0.15) is 0 Å². The van der Waals surface area contributed by atoms with Crippen LogP contribution in [0.5, 0.6) is 11.5 Å². The number of ether oxygens (including phenoxy) is 2. The van der Waals surface area contributed by atoms with Crippen LogP contribution in [0.4, 0.5) is 5.69 Å². The number of methoxy groups -OCH3 is 1. The Balaban J connectivity index is 1.31. The van der Waals surface area contributed by atoms with Crippen molar-refractivity contribution >= 4 is 51.8 Å². The van der Waals surface area contributed by atoms with Crippen molar-refractivity contribution in [2.24, 2.45) is 0 Å². The number of esters is 1. The fourth-order valence-electron chi connectivity index (χ4n) is 5.63. The maximum atomic E-state index is 13.7. The van der Waals surface area contributed by atoms with Crippen LogP contribution in [0.1, 0.15) is 67.2 Å². The minimum Gasteiger partial charge on any atom is -0.496 e. The molecule has 0 aliphatic carbocycles. The fourth-order valence-corrected chi connectivity index (χ4v) is 5.75. The first-order valence-corrected chi connectivity index (χ1v) is 14.4. The van der Waals surface area contributed by atoms with Crippen LogP contribution in [0.25, 0.3) is 10.9 Å². The standard InChI is InChI=1S/C35H27ClN2O6/c1-4-24(20-11-15-23(16-12-20)38-33(40)25-7-5-6-8-26(25)34(38)41)35(42)44-32-19(2)37-27-17-18-28(43-3)30(29(27)32)31(39)21-9-13-22(36)14-10-21/h5-18,24,37H,4H2,1-3H3. The van der Waals surface area contributed by atoms with Crippen LogP contribution in [0, 0.1) is 6.92 Å². The van der Waals surface area contributed by atoms with Crippen LogP contribution < -0.4 is 14.4 Å². The maximum absolute atomic E-state index is 13.7. The molecule has 220 valence electrons. The number of hydrogen-bond donors (Lipinski definition) is 1. The first-order valence-electron chi connectivity index (χ1n) is 14.0. The number of amides is 2. The van der Waals surface area contributed by atoms with Gasteiger partial charge in [-0.15, -0.1) is 0 Å². The number of hydrogen-bond acceptors (Lipinski definition) is 6. The zero-order valence-electron chi connectivity index (χ0n) is 24.1. The molecule has 4 aromatic carbocycles. The van der Waals surface area contributed by atoms with Gasteiger partial charge in [0.25, 0.3) is 11.8 Å². The number of carbonyl (C=O) groups is 4. The zero-order chi connectivity index (χ0) is 31.1. The third-order valence-electron chi connectivity index (χ3n) is 7.85. The molecule has 1 aliphatic rings. The predicted molar refractivity (Wildman–Crippen MR) is 167 cm³/mol. The van der Waals surface area contributed by atoms with Gasteiger partial charge in [-0.25, -0.2) is 4.90 Å². The Labute approximate surface area is 258 Å². The van der Waals surface area contributed by atoms with Crippen molar-refractivity contribution in [3.05, 3.63) is 123 Å². The maximum Gasteiger partial charge on any atom is 0.318 e. The van der Waals surface area contributed by atoms with Gasteiger partial charge in [0, 0.05) is 10.6 Å². The second-order valence-corrected chi connectivity index (χ2v) is 10.9. The third-order valence-corrected chi connectivity index (χ3v) is 8.11. The minimum absolute atomic E-state index is 0.238. The summed E-state index contributed by atoms with van der Waals surface area (Å²) in [5.74, 6) is -1.68. The fraction of sp³-hybridized carbons (Fsp3) is 0.143. The van der Waals surface area contributed by atoms with Crippen LogP contribution in [0.15, 0.2) is 84.9 Å². The monoisotopic (exact) mass is 606 g/mol. The molecule has 0 fully saturated rings. The number of ketones is 1. The van der Waals surface area contributed by atoms with Crippen LogP contribution >= 0.6 is 11.6 Å². The Hall–Kier alpha value is -5.21. The Morgan fingerprint density at radius 2 is 1.52 bits per heavy atom. The minimum atomic E-state index is -0.656. The summed E-state index contributed by atoms with van der Waals surface area (Å²) in [6, 6.07) is 23.4. The lowest BCUT2D eigenvalue weighted by atomic mass is 9.96. The average Bonchev–Trinajstić information content (AvgIpc) is 3.49. The smallest absolute Gasteiger partial charge is 0.318 e. The summed E-state index contributed by atoms with van der Waals surface area (Å²) in [7, 11) is 1.48. The third kappa shape index (κ3) is 4.83. The van der Waals surface area contributed by atoms with Crippen LogP contribution in [0.3, 0.4) is 0 Å². The van der Waals surface area contributed by atoms with Gasteiger partial charge < -0.3 is 14.5 Å². The molecule has 9 heteroatoms. The number of fused-ring (bicyclic) bond motifs is 2. The van der Waals surface area contributed by atoms with Gasteiger partial charge in [-0.1, -0.05) is 42.8 Å². The summed E-state index contributed by atoms with van der Waals surface area (Å²) in [6.45, 7) is 3.63. The molecular weight excluding hydrogens is 580 g/mol. The highest BCUT2D eigenvalue weighted by molar-refractivity contribution is 6.34. The molecule has 8 nitrogen and oxygen atoms in total. The first-order chi connectivity index (χ1) is 21.2. The molecule has 1 aliphatic heterocycles. The van der Waals surface area contributed by atoms with E-state index in [4.69, 9.17) is 21.1 Å². The number of benzene rings is 4. The number of aromatic amines is 1. The van der Waals surface area contributed by atoms with E-state index < -0.39 is 11.9 Å². The molecule has 6 rings (SSSR count). The number of nitrogens with one attached hydrogen (secondary N) is 1. The highest BCUT2D eigenvalue weighted by Gasteiger charge is 2.36. The van der Waals surface area contributed by atoms with E-state index in [9.17, 15) is 19.2 Å². The number of anilines is 1. The van der Waals surface area contributed by atoms with Gasteiger partial charge in [0.05, 0.1) is 52.0 Å². The molecule has 1 unspecified atom stereocenters. The molecular formula is C35H27ClN2O6. The summed E-state index contributed by atoms with van der Waals surface area (Å²) in [5, 5.41) is 0.937. The predicted octanol–water partition coefficient (Wildman–Crippen LogP) is 7.27. The van der Waals surface area contributed by atoms with E-state index in [1.165, 1.54) is 7.11 Å². The van der Waals surface area contributed by atoms with Crippen LogP contribution in [-0.4, -0.2) is 35.7 Å². The Bertz CT molecular complexity index is 1930.